The van der Waals surface area contributed by atoms with Crippen molar-refractivity contribution < 1.29 is 0 Å². The standard InChI is InChI=1S/C12H14IN3O/c1-3-9-7-10(15(2)14-9)8-16-6-4-5-11(13)12(16)17/h4-7H,3,8H2,1-2H3. The average molecular weight is 343 g/mol. The van der Waals surface area contributed by atoms with Crippen LogP contribution in [0, 0.1) is 3.57 Å². The van der Waals surface area contributed by atoms with E-state index in [1.807, 2.05) is 36.1 Å². The molecule has 0 aliphatic heterocycles. The second-order valence-corrected chi connectivity index (χ2v) is 5.06. The Kier molecular flexibility index (Phi) is 3.66. The zero-order valence-electron chi connectivity index (χ0n) is 9.85. The van der Waals surface area contributed by atoms with Crippen LogP contribution >= 0.6 is 22.6 Å². The summed E-state index contributed by atoms with van der Waals surface area (Å²) in [5.41, 5.74) is 2.15. The van der Waals surface area contributed by atoms with Gasteiger partial charge >= 0.3 is 0 Å². The van der Waals surface area contributed by atoms with Crippen LogP contribution in [0.1, 0.15) is 18.3 Å². The van der Waals surface area contributed by atoms with Crippen molar-refractivity contribution in [3.8, 4) is 0 Å². The van der Waals surface area contributed by atoms with Crippen LogP contribution in [0.4, 0.5) is 0 Å². The monoisotopic (exact) mass is 343 g/mol. The molecule has 0 N–H and O–H groups in total. The molecule has 0 aliphatic rings. The number of aryl methyl sites for hydroxylation is 2. The molecule has 90 valence electrons. The van der Waals surface area contributed by atoms with E-state index >= 15 is 0 Å². The molecule has 0 unspecified atom stereocenters. The van der Waals surface area contributed by atoms with Gasteiger partial charge in [0, 0.05) is 13.2 Å². The number of aromatic nitrogens is 3. The number of hydrogen-bond acceptors (Lipinski definition) is 2. The quantitative estimate of drug-likeness (QED) is 0.798. The summed E-state index contributed by atoms with van der Waals surface area (Å²) in [4.78, 5) is 11.9. The molecule has 0 aromatic carbocycles. The Balaban J connectivity index is 2.34. The molecule has 2 rings (SSSR count). The summed E-state index contributed by atoms with van der Waals surface area (Å²) in [6, 6.07) is 5.76. The molecule has 0 aliphatic carbocycles. The lowest BCUT2D eigenvalue weighted by molar-refractivity contribution is 0.647. The van der Waals surface area contributed by atoms with Gasteiger partial charge in [-0.25, -0.2) is 0 Å². The Morgan fingerprint density at radius 2 is 2.24 bits per heavy atom. The highest BCUT2D eigenvalue weighted by atomic mass is 127. The predicted molar refractivity (Wildman–Crippen MR) is 75.1 cm³/mol. The molecule has 0 atom stereocenters. The molecule has 5 heteroatoms. The first-order valence-corrected chi connectivity index (χ1v) is 6.56. The minimum atomic E-state index is 0.0485. The Morgan fingerprint density at radius 1 is 1.47 bits per heavy atom. The second kappa shape index (κ2) is 5.03. The van der Waals surface area contributed by atoms with Gasteiger partial charge in [0.2, 0.25) is 0 Å². The lowest BCUT2D eigenvalue weighted by Gasteiger charge is -2.05. The topological polar surface area (TPSA) is 39.8 Å². The van der Waals surface area contributed by atoms with Gasteiger partial charge < -0.3 is 4.57 Å². The molecule has 2 aromatic heterocycles. The summed E-state index contributed by atoms with van der Waals surface area (Å²) in [6.07, 6.45) is 2.72. The van der Waals surface area contributed by atoms with E-state index in [0.717, 1.165) is 21.4 Å². The largest absolute Gasteiger partial charge is 0.309 e. The maximum atomic E-state index is 11.9. The molecule has 2 aromatic rings. The highest BCUT2D eigenvalue weighted by molar-refractivity contribution is 14.1. The normalized spacial score (nSPS) is 10.8. The van der Waals surface area contributed by atoms with Crippen LogP contribution < -0.4 is 5.56 Å². The Morgan fingerprint density at radius 3 is 2.88 bits per heavy atom. The molecule has 2 heterocycles. The van der Waals surface area contributed by atoms with Crippen molar-refractivity contribution in [2.75, 3.05) is 0 Å². The number of rotatable bonds is 3. The zero-order chi connectivity index (χ0) is 12.4. The molecule has 0 saturated carbocycles. The molecule has 0 saturated heterocycles. The summed E-state index contributed by atoms with van der Waals surface area (Å²) >= 11 is 2.06. The van der Waals surface area contributed by atoms with Crippen molar-refractivity contribution >= 4 is 22.6 Å². The third kappa shape index (κ3) is 2.59. The van der Waals surface area contributed by atoms with Gasteiger partial charge in [0.25, 0.3) is 5.56 Å². The van der Waals surface area contributed by atoms with Crippen molar-refractivity contribution in [2.24, 2.45) is 7.05 Å². The van der Waals surface area contributed by atoms with Crippen molar-refractivity contribution in [1.82, 2.24) is 14.3 Å². The van der Waals surface area contributed by atoms with Crippen LogP contribution in [-0.4, -0.2) is 14.3 Å². The summed E-state index contributed by atoms with van der Waals surface area (Å²) in [7, 11) is 1.91. The van der Waals surface area contributed by atoms with Gasteiger partial charge in [0.1, 0.15) is 0 Å². The first kappa shape index (κ1) is 12.3. The van der Waals surface area contributed by atoms with Crippen LogP contribution in [0.2, 0.25) is 0 Å². The van der Waals surface area contributed by atoms with Crippen molar-refractivity contribution in [2.45, 2.75) is 19.9 Å². The molecule has 17 heavy (non-hydrogen) atoms. The van der Waals surface area contributed by atoms with E-state index in [-0.39, 0.29) is 5.56 Å². The molecule has 0 radical (unpaired) electrons. The number of nitrogens with zero attached hydrogens (tertiary/aromatic N) is 3. The Labute approximate surface area is 113 Å². The average Bonchev–Trinajstić information content (AvgIpc) is 2.66. The fraction of sp³-hybridized carbons (Fsp3) is 0.333. The number of halogens is 1. The second-order valence-electron chi connectivity index (χ2n) is 3.89. The van der Waals surface area contributed by atoms with Crippen molar-refractivity contribution in [3.63, 3.8) is 0 Å². The van der Waals surface area contributed by atoms with E-state index in [0.29, 0.717) is 6.54 Å². The van der Waals surface area contributed by atoms with Gasteiger partial charge in [0.05, 0.1) is 21.5 Å². The fourth-order valence-electron chi connectivity index (χ4n) is 1.70. The summed E-state index contributed by atoms with van der Waals surface area (Å²) in [6.45, 7) is 2.64. The van der Waals surface area contributed by atoms with Gasteiger partial charge in [-0.3, -0.25) is 9.48 Å². The molecule has 0 fully saturated rings. The van der Waals surface area contributed by atoms with E-state index in [9.17, 15) is 4.79 Å². The SMILES string of the molecule is CCc1cc(Cn2cccc(I)c2=O)n(C)n1. The van der Waals surface area contributed by atoms with Crippen LogP contribution in [0.3, 0.4) is 0 Å². The summed E-state index contributed by atoms with van der Waals surface area (Å²) in [5, 5.41) is 4.38. The first-order valence-electron chi connectivity index (χ1n) is 5.48. The molecular weight excluding hydrogens is 329 g/mol. The smallest absolute Gasteiger partial charge is 0.264 e. The highest BCUT2D eigenvalue weighted by Gasteiger charge is 2.06. The molecule has 0 spiro atoms. The fourth-order valence-corrected chi connectivity index (χ4v) is 2.22. The minimum absolute atomic E-state index is 0.0485. The Bertz CT molecular complexity index is 586. The lowest BCUT2D eigenvalue weighted by Crippen LogP contribution is -2.22. The maximum absolute atomic E-state index is 11.9. The third-order valence-corrected chi connectivity index (χ3v) is 3.52. The number of pyridine rings is 1. The lowest BCUT2D eigenvalue weighted by atomic mass is 10.3. The van der Waals surface area contributed by atoms with E-state index in [4.69, 9.17) is 0 Å². The maximum Gasteiger partial charge on any atom is 0.264 e. The van der Waals surface area contributed by atoms with Crippen LogP contribution in [0.25, 0.3) is 0 Å². The molecule has 0 amide bonds. The van der Waals surface area contributed by atoms with Crippen LogP contribution in [0.15, 0.2) is 29.2 Å². The third-order valence-electron chi connectivity index (χ3n) is 2.70. The van der Waals surface area contributed by atoms with Gasteiger partial charge in [-0.1, -0.05) is 6.92 Å². The van der Waals surface area contributed by atoms with Crippen LogP contribution in [0.5, 0.6) is 0 Å². The van der Waals surface area contributed by atoms with E-state index in [2.05, 4.69) is 34.6 Å². The Hall–Kier alpha value is -1.11. The van der Waals surface area contributed by atoms with Gasteiger partial charge in [0.15, 0.2) is 0 Å². The molecule has 0 bridgehead atoms. The molecule has 4 nitrogen and oxygen atoms in total. The van der Waals surface area contributed by atoms with Gasteiger partial charge in [-0.15, -0.1) is 0 Å². The minimum Gasteiger partial charge on any atom is -0.309 e. The summed E-state index contributed by atoms with van der Waals surface area (Å²) < 4.78 is 4.28. The van der Waals surface area contributed by atoms with Crippen LogP contribution in [-0.2, 0) is 20.0 Å². The van der Waals surface area contributed by atoms with E-state index in [1.165, 1.54) is 0 Å². The molecular formula is C12H14IN3O. The first-order chi connectivity index (χ1) is 8.11. The van der Waals surface area contributed by atoms with Gasteiger partial charge in [-0.05, 0) is 47.2 Å². The highest BCUT2D eigenvalue weighted by Crippen LogP contribution is 2.06. The summed E-state index contributed by atoms with van der Waals surface area (Å²) in [5.74, 6) is 0. The van der Waals surface area contributed by atoms with E-state index < -0.39 is 0 Å². The predicted octanol–water partition coefficient (Wildman–Crippen LogP) is 1.80. The van der Waals surface area contributed by atoms with Crippen molar-refractivity contribution in [3.05, 3.63) is 49.7 Å². The number of hydrogen-bond donors (Lipinski definition) is 0. The van der Waals surface area contributed by atoms with Gasteiger partial charge in [-0.2, -0.15) is 5.10 Å². The van der Waals surface area contributed by atoms with E-state index in [1.54, 1.807) is 4.57 Å². The zero-order valence-corrected chi connectivity index (χ0v) is 12.0. The van der Waals surface area contributed by atoms with Crippen molar-refractivity contribution in [1.29, 1.82) is 0 Å².